The SMILES string of the molecule is COc1cc(N2CCCC(CBr)C2)nc(C)n1. The van der Waals surface area contributed by atoms with Crippen molar-refractivity contribution in [3.63, 3.8) is 0 Å². The van der Waals surface area contributed by atoms with E-state index in [0.717, 1.165) is 30.1 Å². The van der Waals surface area contributed by atoms with Crippen LogP contribution in [0.2, 0.25) is 0 Å². The van der Waals surface area contributed by atoms with Crippen molar-refractivity contribution >= 4 is 21.7 Å². The Morgan fingerprint density at radius 2 is 2.35 bits per heavy atom. The minimum Gasteiger partial charge on any atom is -0.481 e. The van der Waals surface area contributed by atoms with Gasteiger partial charge in [0, 0.05) is 24.5 Å². The molecule has 5 heteroatoms. The third-order valence-corrected chi connectivity index (χ3v) is 3.99. The highest BCUT2D eigenvalue weighted by Crippen LogP contribution is 2.24. The molecule has 0 saturated carbocycles. The third-order valence-electron chi connectivity index (χ3n) is 3.07. The predicted molar refractivity (Wildman–Crippen MR) is 72.1 cm³/mol. The molecule has 94 valence electrons. The lowest BCUT2D eigenvalue weighted by Gasteiger charge is -2.32. The Balaban J connectivity index is 2.18. The molecule has 0 radical (unpaired) electrons. The van der Waals surface area contributed by atoms with E-state index in [1.165, 1.54) is 12.8 Å². The van der Waals surface area contributed by atoms with Crippen LogP contribution >= 0.6 is 15.9 Å². The average molecular weight is 300 g/mol. The molecule has 1 fully saturated rings. The number of halogens is 1. The first-order valence-electron chi connectivity index (χ1n) is 5.93. The number of rotatable bonds is 3. The van der Waals surface area contributed by atoms with Crippen LogP contribution in [-0.2, 0) is 0 Å². The van der Waals surface area contributed by atoms with Crippen LogP contribution in [0, 0.1) is 12.8 Å². The molecule has 0 spiro atoms. The zero-order valence-corrected chi connectivity index (χ0v) is 11.9. The number of hydrogen-bond donors (Lipinski definition) is 0. The van der Waals surface area contributed by atoms with E-state index >= 15 is 0 Å². The Morgan fingerprint density at radius 3 is 3.06 bits per heavy atom. The summed E-state index contributed by atoms with van der Waals surface area (Å²) >= 11 is 3.57. The van der Waals surface area contributed by atoms with Crippen LogP contribution < -0.4 is 9.64 Å². The molecule has 1 unspecified atom stereocenters. The Hall–Kier alpha value is -0.840. The van der Waals surface area contributed by atoms with Crippen LogP contribution in [0.25, 0.3) is 0 Å². The molecular weight excluding hydrogens is 282 g/mol. The smallest absolute Gasteiger partial charge is 0.218 e. The second-order valence-corrected chi connectivity index (χ2v) is 5.07. The molecule has 1 aromatic heterocycles. The van der Waals surface area contributed by atoms with Crippen LogP contribution in [0.4, 0.5) is 5.82 Å². The molecule has 2 heterocycles. The maximum atomic E-state index is 5.19. The second kappa shape index (κ2) is 5.67. The molecule has 17 heavy (non-hydrogen) atoms. The van der Waals surface area contributed by atoms with Gasteiger partial charge >= 0.3 is 0 Å². The summed E-state index contributed by atoms with van der Waals surface area (Å²) in [7, 11) is 1.64. The van der Waals surface area contributed by atoms with E-state index in [1.54, 1.807) is 7.11 Å². The molecule has 2 rings (SSSR count). The summed E-state index contributed by atoms with van der Waals surface area (Å²) < 4.78 is 5.19. The summed E-state index contributed by atoms with van der Waals surface area (Å²) in [6, 6.07) is 1.92. The molecular formula is C12H18BrN3O. The fourth-order valence-corrected chi connectivity index (χ4v) is 2.72. The Labute approximate surface area is 111 Å². The van der Waals surface area contributed by atoms with Gasteiger partial charge in [0.2, 0.25) is 5.88 Å². The van der Waals surface area contributed by atoms with E-state index < -0.39 is 0 Å². The summed E-state index contributed by atoms with van der Waals surface area (Å²) in [5.74, 6) is 3.11. The zero-order valence-electron chi connectivity index (χ0n) is 10.3. The van der Waals surface area contributed by atoms with Gasteiger partial charge in [0.1, 0.15) is 11.6 Å². The summed E-state index contributed by atoms with van der Waals surface area (Å²) in [5, 5.41) is 1.06. The first-order chi connectivity index (χ1) is 8.22. The van der Waals surface area contributed by atoms with Crippen molar-refractivity contribution in [3.05, 3.63) is 11.9 Å². The molecule has 0 aliphatic carbocycles. The maximum absolute atomic E-state index is 5.19. The fourth-order valence-electron chi connectivity index (χ4n) is 2.19. The quantitative estimate of drug-likeness (QED) is 0.804. The number of piperidine rings is 1. The molecule has 1 aliphatic rings. The molecule has 1 aliphatic heterocycles. The Kier molecular flexibility index (Phi) is 4.20. The van der Waals surface area contributed by atoms with Crippen molar-refractivity contribution in [1.29, 1.82) is 0 Å². The predicted octanol–water partition coefficient (Wildman–Crippen LogP) is 2.40. The van der Waals surface area contributed by atoms with Crippen LogP contribution in [-0.4, -0.2) is 35.5 Å². The number of nitrogens with zero attached hydrogens (tertiary/aromatic N) is 3. The summed E-state index contributed by atoms with van der Waals surface area (Å²) in [6.07, 6.45) is 2.52. The Morgan fingerprint density at radius 1 is 1.53 bits per heavy atom. The van der Waals surface area contributed by atoms with E-state index in [0.29, 0.717) is 11.8 Å². The van der Waals surface area contributed by atoms with Gasteiger partial charge in [-0.05, 0) is 25.7 Å². The van der Waals surface area contributed by atoms with Crippen molar-refractivity contribution in [2.24, 2.45) is 5.92 Å². The van der Waals surface area contributed by atoms with Crippen LogP contribution in [0.3, 0.4) is 0 Å². The zero-order chi connectivity index (χ0) is 12.3. The van der Waals surface area contributed by atoms with Gasteiger partial charge in [-0.25, -0.2) is 4.98 Å². The molecule has 1 atom stereocenters. The maximum Gasteiger partial charge on any atom is 0.218 e. The number of aromatic nitrogens is 2. The monoisotopic (exact) mass is 299 g/mol. The molecule has 1 saturated heterocycles. The topological polar surface area (TPSA) is 38.2 Å². The minimum absolute atomic E-state index is 0.647. The largest absolute Gasteiger partial charge is 0.481 e. The van der Waals surface area contributed by atoms with Crippen molar-refractivity contribution in [2.75, 3.05) is 30.4 Å². The van der Waals surface area contributed by atoms with Crippen LogP contribution in [0.15, 0.2) is 6.07 Å². The summed E-state index contributed by atoms with van der Waals surface area (Å²) in [5.41, 5.74) is 0. The van der Waals surface area contributed by atoms with E-state index in [1.807, 2.05) is 13.0 Å². The first-order valence-corrected chi connectivity index (χ1v) is 7.05. The lowest BCUT2D eigenvalue weighted by atomic mass is 10.0. The van der Waals surface area contributed by atoms with Gasteiger partial charge in [-0.2, -0.15) is 4.98 Å². The van der Waals surface area contributed by atoms with E-state index in [4.69, 9.17) is 4.74 Å². The van der Waals surface area contributed by atoms with Gasteiger partial charge in [0.15, 0.2) is 0 Å². The highest BCUT2D eigenvalue weighted by Gasteiger charge is 2.20. The lowest BCUT2D eigenvalue weighted by Crippen LogP contribution is -2.36. The van der Waals surface area contributed by atoms with Gasteiger partial charge in [0.25, 0.3) is 0 Å². The number of alkyl halides is 1. The number of methoxy groups -OCH3 is 1. The van der Waals surface area contributed by atoms with Gasteiger partial charge in [-0.1, -0.05) is 15.9 Å². The van der Waals surface area contributed by atoms with E-state index in [2.05, 4.69) is 30.8 Å². The van der Waals surface area contributed by atoms with Crippen molar-refractivity contribution in [3.8, 4) is 5.88 Å². The number of hydrogen-bond acceptors (Lipinski definition) is 4. The normalized spacial score (nSPS) is 20.4. The summed E-state index contributed by atoms with van der Waals surface area (Å²) in [6.45, 7) is 4.03. The first kappa shape index (κ1) is 12.6. The molecule has 0 N–H and O–H groups in total. The van der Waals surface area contributed by atoms with Gasteiger partial charge in [0.05, 0.1) is 7.11 Å². The molecule has 0 aromatic carbocycles. The van der Waals surface area contributed by atoms with Crippen LogP contribution in [0.1, 0.15) is 18.7 Å². The average Bonchev–Trinajstić information content (AvgIpc) is 2.38. The second-order valence-electron chi connectivity index (χ2n) is 4.42. The minimum atomic E-state index is 0.647. The van der Waals surface area contributed by atoms with Gasteiger partial charge in [-0.15, -0.1) is 0 Å². The van der Waals surface area contributed by atoms with Crippen molar-refractivity contribution in [1.82, 2.24) is 9.97 Å². The standard InChI is InChI=1S/C12H18BrN3O/c1-9-14-11(6-12(15-9)17-2)16-5-3-4-10(7-13)8-16/h6,10H,3-5,7-8H2,1-2H3. The highest BCUT2D eigenvalue weighted by atomic mass is 79.9. The van der Waals surface area contributed by atoms with Gasteiger partial charge in [-0.3, -0.25) is 0 Å². The van der Waals surface area contributed by atoms with Gasteiger partial charge < -0.3 is 9.64 Å². The lowest BCUT2D eigenvalue weighted by molar-refractivity contribution is 0.394. The van der Waals surface area contributed by atoms with Crippen molar-refractivity contribution in [2.45, 2.75) is 19.8 Å². The molecule has 0 bridgehead atoms. The van der Waals surface area contributed by atoms with E-state index in [-0.39, 0.29) is 0 Å². The third kappa shape index (κ3) is 3.09. The molecule has 4 nitrogen and oxygen atoms in total. The number of anilines is 1. The highest BCUT2D eigenvalue weighted by molar-refractivity contribution is 9.09. The fraction of sp³-hybridized carbons (Fsp3) is 0.667. The molecule has 1 aromatic rings. The van der Waals surface area contributed by atoms with Crippen LogP contribution in [0.5, 0.6) is 5.88 Å². The van der Waals surface area contributed by atoms with Crippen molar-refractivity contribution < 1.29 is 4.74 Å². The Bertz CT molecular complexity index is 386. The summed E-state index contributed by atoms with van der Waals surface area (Å²) in [4.78, 5) is 11.0. The number of aryl methyl sites for hydroxylation is 1. The van der Waals surface area contributed by atoms with E-state index in [9.17, 15) is 0 Å². The number of ether oxygens (including phenoxy) is 1. The molecule has 0 amide bonds.